The fourth-order valence-electron chi connectivity index (χ4n) is 2.27. The summed E-state index contributed by atoms with van der Waals surface area (Å²) in [5.41, 5.74) is 3.04. The Morgan fingerprint density at radius 3 is 2.86 bits per heavy atom. The van der Waals surface area contributed by atoms with Crippen LogP contribution in [0.5, 0.6) is 5.88 Å². The number of fused-ring (bicyclic) bond motifs is 1. The van der Waals surface area contributed by atoms with Crippen LogP contribution in [0.3, 0.4) is 0 Å². The molecule has 1 aromatic carbocycles. The Morgan fingerprint density at radius 2 is 2.14 bits per heavy atom. The Labute approximate surface area is 120 Å². The van der Waals surface area contributed by atoms with Crippen molar-refractivity contribution in [2.75, 3.05) is 0 Å². The van der Waals surface area contributed by atoms with Gasteiger partial charge in [0.1, 0.15) is 0 Å². The maximum atomic E-state index is 11.7. The number of H-pyrrole nitrogens is 1. The van der Waals surface area contributed by atoms with Gasteiger partial charge in [0.05, 0.1) is 11.8 Å². The van der Waals surface area contributed by atoms with E-state index < -0.39 is 5.91 Å². The van der Waals surface area contributed by atoms with Crippen LogP contribution in [0.15, 0.2) is 45.2 Å². The van der Waals surface area contributed by atoms with E-state index in [1.807, 2.05) is 26.0 Å². The van der Waals surface area contributed by atoms with Crippen LogP contribution in [0.1, 0.15) is 21.7 Å². The molecule has 0 fully saturated rings. The molecule has 0 atom stereocenters. The van der Waals surface area contributed by atoms with Crippen molar-refractivity contribution in [2.45, 2.75) is 13.8 Å². The second kappa shape index (κ2) is 4.90. The predicted molar refractivity (Wildman–Crippen MR) is 77.0 cm³/mol. The van der Waals surface area contributed by atoms with Crippen LogP contribution >= 0.6 is 0 Å². The number of amides is 1. The molecule has 0 saturated carbocycles. The molecule has 6 nitrogen and oxygen atoms in total. The van der Waals surface area contributed by atoms with E-state index in [1.54, 1.807) is 6.07 Å². The van der Waals surface area contributed by atoms with Gasteiger partial charge in [-0.2, -0.15) is 0 Å². The normalized spacial score (nSPS) is 11.5. The number of carbonyl (C=O) groups is 1. The van der Waals surface area contributed by atoms with Crippen molar-refractivity contribution in [1.82, 2.24) is 4.98 Å². The van der Waals surface area contributed by atoms with E-state index >= 15 is 0 Å². The first kappa shape index (κ1) is 13.1. The molecule has 0 bridgehead atoms. The van der Waals surface area contributed by atoms with E-state index in [9.17, 15) is 9.90 Å². The molecule has 0 saturated heterocycles. The van der Waals surface area contributed by atoms with Gasteiger partial charge in [0, 0.05) is 5.39 Å². The van der Waals surface area contributed by atoms with Gasteiger partial charge in [-0.25, -0.2) is 0 Å². The van der Waals surface area contributed by atoms with Gasteiger partial charge in [0.2, 0.25) is 5.88 Å². The van der Waals surface area contributed by atoms with Crippen LogP contribution in [0, 0.1) is 13.8 Å². The Hall–Kier alpha value is -2.89. The molecule has 3 rings (SSSR count). The van der Waals surface area contributed by atoms with Crippen LogP contribution in [-0.2, 0) is 0 Å². The zero-order valence-corrected chi connectivity index (χ0v) is 11.5. The minimum atomic E-state index is -0.599. The fourth-order valence-corrected chi connectivity index (χ4v) is 2.27. The van der Waals surface area contributed by atoms with E-state index in [0.29, 0.717) is 0 Å². The molecule has 0 aliphatic heterocycles. The standard InChI is InChI=1S/C15H13N3O3/c1-8-6-9(2)12-10(7-8)13(15(20)16-12)17-18-14(19)11-4-3-5-21-11/h3-7,16,20H,1-2H3. The van der Waals surface area contributed by atoms with E-state index in [-0.39, 0.29) is 17.3 Å². The van der Waals surface area contributed by atoms with Gasteiger partial charge < -0.3 is 14.5 Å². The number of carbonyl (C=O) groups excluding carboxylic acids is 1. The lowest BCUT2D eigenvalue weighted by molar-refractivity contribution is 0.0968. The molecule has 0 aliphatic carbocycles. The van der Waals surface area contributed by atoms with E-state index in [0.717, 1.165) is 22.0 Å². The lowest BCUT2D eigenvalue weighted by atomic mass is 10.1. The number of azo groups is 1. The third-order valence-electron chi connectivity index (χ3n) is 3.18. The van der Waals surface area contributed by atoms with Crippen molar-refractivity contribution in [3.8, 4) is 5.88 Å². The predicted octanol–water partition coefficient (Wildman–Crippen LogP) is 4.01. The van der Waals surface area contributed by atoms with Crippen LogP contribution in [0.4, 0.5) is 5.69 Å². The van der Waals surface area contributed by atoms with Gasteiger partial charge in [0.25, 0.3) is 0 Å². The number of aromatic amines is 1. The van der Waals surface area contributed by atoms with Crippen LogP contribution in [0.25, 0.3) is 10.9 Å². The number of furan rings is 1. The van der Waals surface area contributed by atoms with E-state index in [2.05, 4.69) is 15.2 Å². The summed E-state index contributed by atoms with van der Waals surface area (Å²) in [6.45, 7) is 3.88. The zero-order chi connectivity index (χ0) is 15.0. The average Bonchev–Trinajstić information content (AvgIpc) is 3.05. The average molecular weight is 283 g/mol. The molecule has 2 N–H and O–H groups in total. The summed E-state index contributed by atoms with van der Waals surface area (Å²) in [5.74, 6) is -0.613. The van der Waals surface area contributed by atoms with Gasteiger partial charge in [-0.15, -0.1) is 10.2 Å². The molecule has 106 valence electrons. The van der Waals surface area contributed by atoms with Crippen molar-refractivity contribution in [2.24, 2.45) is 10.2 Å². The molecule has 0 aliphatic rings. The highest BCUT2D eigenvalue weighted by Crippen LogP contribution is 2.37. The molecule has 3 aromatic rings. The van der Waals surface area contributed by atoms with Crippen LogP contribution in [0.2, 0.25) is 0 Å². The fraction of sp³-hybridized carbons (Fsp3) is 0.133. The highest BCUT2D eigenvalue weighted by atomic mass is 16.3. The highest BCUT2D eigenvalue weighted by Gasteiger charge is 2.14. The number of aromatic nitrogens is 1. The lowest BCUT2D eigenvalue weighted by Gasteiger charge is -1.98. The molecule has 0 spiro atoms. The summed E-state index contributed by atoms with van der Waals surface area (Å²) < 4.78 is 4.95. The largest absolute Gasteiger partial charge is 0.493 e. The highest BCUT2D eigenvalue weighted by molar-refractivity contribution is 5.97. The first-order chi connectivity index (χ1) is 10.1. The van der Waals surface area contributed by atoms with Crippen molar-refractivity contribution in [3.63, 3.8) is 0 Å². The van der Waals surface area contributed by atoms with Gasteiger partial charge in [-0.1, -0.05) is 11.6 Å². The molecular weight excluding hydrogens is 270 g/mol. The van der Waals surface area contributed by atoms with E-state index in [4.69, 9.17) is 4.42 Å². The lowest BCUT2D eigenvalue weighted by Crippen LogP contribution is -1.89. The van der Waals surface area contributed by atoms with Crippen molar-refractivity contribution in [3.05, 3.63) is 47.4 Å². The third-order valence-corrected chi connectivity index (χ3v) is 3.18. The monoisotopic (exact) mass is 283 g/mol. The third kappa shape index (κ3) is 2.31. The zero-order valence-electron chi connectivity index (χ0n) is 11.5. The van der Waals surface area contributed by atoms with Crippen molar-refractivity contribution in [1.29, 1.82) is 0 Å². The van der Waals surface area contributed by atoms with E-state index in [1.165, 1.54) is 12.3 Å². The maximum absolute atomic E-state index is 11.7. The van der Waals surface area contributed by atoms with Crippen LogP contribution in [-0.4, -0.2) is 16.0 Å². The molecule has 1 amide bonds. The molecule has 0 radical (unpaired) electrons. The number of aryl methyl sites for hydroxylation is 2. The summed E-state index contributed by atoms with van der Waals surface area (Å²) in [6.07, 6.45) is 1.39. The molecule has 2 heterocycles. The Morgan fingerprint density at radius 1 is 1.33 bits per heavy atom. The number of rotatable bonds is 2. The van der Waals surface area contributed by atoms with Crippen molar-refractivity contribution < 1.29 is 14.3 Å². The Kier molecular flexibility index (Phi) is 3.06. The molecule has 0 unspecified atom stereocenters. The second-order valence-corrected chi connectivity index (χ2v) is 4.81. The smallest absolute Gasteiger partial charge is 0.331 e. The quantitative estimate of drug-likeness (QED) is 0.696. The first-order valence-corrected chi connectivity index (χ1v) is 6.37. The van der Waals surface area contributed by atoms with Gasteiger partial charge >= 0.3 is 5.91 Å². The number of nitrogens with zero attached hydrogens (tertiary/aromatic N) is 2. The number of nitrogens with one attached hydrogen (secondary N) is 1. The number of hydrogen-bond acceptors (Lipinski definition) is 4. The molecule has 2 aromatic heterocycles. The SMILES string of the molecule is Cc1cc(C)c2[nH]c(O)c(N=NC(=O)c3ccco3)c2c1. The number of aromatic hydroxyl groups is 1. The summed E-state index contributed by atoms with van der Waals surface area (Å²) >= 11 is 0. The van der Waals surface area contributed by atoms with Crippen LogP contribution < -0.4 is 0 Å². The Bertz CT molecular complexity index is 845. The summed E-state index contributed by atoms with van der Waals surface area (Å²) in [7, 11) is 0. The van der Waals surface area contributed by atoms with Gasteiger partial charge in [-0.05, 0) is 37.6 Å². The summed E-state index contributed by atoms with van der Waals surface area (Å²) in [6, 6.07) is 6.97. The summed E-state index contributed by atoms with van der Waals surface area (Å²) in [5, 5.41) is 18.1. The topological polar surface area (TPSA) is 91.0 Å². The maximum Gasteiger partial charge on any atom is 0.331 e. The first-order valence-electron chi connectivity index (χ1n) is 6.37. The van der Waals surface area contributed by atoms with Crippen molar-refractivity contribution >= 4 is 22.5 Å². The van der Waals surface area contributed by atoms with Gasteiger partial charge in [0.15, 0.2) is 11.4 Å². The number of benzene rings is 1. The molecule has 21 heavy (non-hydrogen) atoms. The van der Waals surface area contributed by atoms with Gasteiger partial charge in [-0.3, -0.25) is 4.79 Å². The minimum absolute atomic E-state index is 0.102. The molecular formula is C15H13N3O3. The summed E-state index contributed by atoms with van der Waals surface area (Å²) in [4.78, 5) is 14.6. The molecule has 6 heteroatoms. The Balaban J connectivity index is 2.05. The second-order valence-electron chi connectivity index (χ2n) is 4.81. The minimum Gasteiger partial charge on any atom is -0.493 e. The number of hydrogen-bond donors (Lipinski definition) is 2.